The fraction of sp³-hybridized carbons (Fsp3) is 0.250. The van der Waals surface area contributed by atoms with E-state index in [0.29, 0.717) is 12.2 Å². The minimum atomic E-state index is -3.83. The Labute approximate surface area is 202 Å². The van der Waals surface area contributed by atoms with Crippen molar-refractivity contribution < 1.29 is 8.42 Å². The molecular formula is C28H31N3O2S. The molecule has 0 unspecified atom stereocenters. The Morgan fingerprint density at radius 3 is 1.62 bits per heavy atom. The summed E-state index contributed by atoms with van der Waals surface area (Å²) in [6.45, 7) is 7.08. The predicted molar refractivity (Wildman–Crippen MR) is 136 cm³/mol. The normalized spacial score (nSPS) is 12.2. The molecule has 0 aliphatic heterocycles. The fourth-order valence-corrected chi connectivity index (χ4v) is 5.66. The van der Waals surface area contributed by atoms with E-state index in [4.69, 9.17) is 5.10 Å². The van der Waals surface area contributed by atoms with E-state index >= 15 is 0 Å². The standard InChI is InChI=1S/C28H31N3O2S/c1-28(2,3)27-26(22-30(29-27)19-23-13-7-4-8-14-23)34(32,33)31(20-24-15-9-5-10-16-24)21-25-17-11-6-12-18-25/h4-18,22H,19-21H2,1-3H3. The quantitative estimate of drug-likeness (QED) is 0.334. The van der Waals surface area contributed by atoms with E-state index < -0.39 is 15.4 Å². The smallest absolute Gasteiger partial charge is 0.247 e. The summed E-state index contributed by atoms with van der Waals surface area (Å²) in [7, 11) is -3.83. The molecule has 0 saturated carbocycles. The molecule has 1 aromatic heterocycles. The van der Waals surface area contributed by atoms with Crippen molar-refractivity contribution in [1.82, 2.24) is 14.1 Å². The van der Waals surface area contributed by atoms with Gasteiger partial charge in [-0.05, 0) is 16.7 Å². The van der Waals surface area contributed by atoms with Gasteiger partial charge in [-0.2, -0.15) is 9.40 Å². The van der Waals surface area contributed by atoms with Gasteiger partial charge in [-0.15, -0.1) is 0 Å². The van der Waals surface area contributed by atoms with Crippen LogP contribution in [-0.4, -0.2) is 22.5 Å². The van der Waals surface area contributed by atoms with Gasteiger partial charge in [0.05, 0.1) is 12.2 Å². The third-order valence-corrected chi connectivity index (χ3v) is 7.44. The molecule has 0 spiro atoms. The van der Waals surface area contributed by atoms with Crippen molar-refractivity contribution in [2.45, 2.75) is 50.7 Å². The summed E-state index contributed by atoms with van der Waals surface area (Å²) in [4.78, 5) is 0.266. The van der Waals surface area contributed by atoms with Gasteiger partial charge < -0.3 is 0 Å². The van der Waals surface area contributed by atoms with E-state index in [1.807, 2.05) is 112 Å². The van der Waals surface area contributed by atoms with Gasteiger partial charge in [-0.25, -0.2) is 8.42 Å². The molecule has 0 atom stereocenters. The lowest BCUT2D eigenvalue weighted by Gasteiger charge is -2.24. The second kappa shape index (κ2) is 9.95. The summed E-state index contributed by atoms with van der Waals surface area (Å²) < 4.78 is 31.6. The number of hydrogen-bond acceptors (Lipinski definition) is 3. The SMILES string of the molecule is CC(C)(C)c1nn(Cc2ccccc2)cc1S(=O)(=O)N(Cc1ccccc1)Cc1ccccc1. The summed E-state index contributed by atoms with van der Waals surface area (Å²) in [6.07, 6.45) is 1.69. The third kappa shape index (κ3) is 5.64. The van der Waals surface area contributed by atoms with Crippen LogP contribution in [0.2, 0.25) is 0 Å². The van der Waals surface area contributed by atoms with Crippen LogP contribution in [0.5, 0.6) is 0 Å². The summed E-state index contributed by atoms with van der Waals surface area (Å²) in [6, 6.07) is 29.4. The minimum Gasteiger partial charge on any atom is -0.267 e. The first-order chi connectivity index (χ1) is 16.2. The van der Waals surface area contributed by atoms with Gasteiger partial charge in [0.1, 0.15) is 4.90 Å². The van der Waals surface area contributed by atoms with Crippen molar-refractivity contribution in [1.29, 1.82) is 0 Å². The molecule has 0 fully saturated rings. The van der Waals surface area contributed by atoms with Crippen molar-refractivity contribution in [3.05, 3.63) is 120 Å². The zero-order chi connectivity index (χ0) is 24.2. The number of benzene rings is 3. The van der Waals surface area contributed by atoms with Crippen molar-refractivity contribution in [3.8, 4) is 0 Å². The summed E-state index contributed by atoms with van der Waals surface area (Å²) in [5, 5.41) is 4.75. The van der Waals surface area contributed by atoms with Gasteiger partial charge in [-0.3, -0.25) is 4.68 Å². The van der Waals surface area contributed by atoms with Gasteiger partial charge in [0.25, 0.3) is 0 Å². The number of nitrogens with zero attached hydrogens (tertiary/aromatic N) is 3. The van der Waals surface area contributed by atoms with Gasteiger partial charge in [0, 0.05) is 24.7 Å². The first kappa shape index (κ1) is 23.9. The van der Waals surface area contributed by atoms with E-state index in [1.165, 1.54) is 0 Å². The Bertz CT molecular complexity index is 1270. The molecule has 3 aromatic carbocycles. The zero-order valence-electron chi connectivity index (χ0n) is 19.9. The number of rotatable bonds is 8. The highest BCUT2D eigenvalue weighted by molar-refractivity contribution is 7.89. The van der Waals surface area contributed by atoms with Crippen molar-refractivity contribution in [3.63, 3.8) is 0 Å². The van der Waals surface area contributed by atoms with Crippen LogP contribution in [0.15, 0.2) is 102 Å². The molecule has 5 nitrogen and oxygen atoms in total. The maximum atomic E-state index is 14.1. The van der Waals surface area contributed by atoms with Crippen molar-refractivity contribution in [2.24, 2.45) is 0 Å². The molecule has 6 heteroatoms. The Morgan fingerprint density at radius 2 is 1.18 bits per heavy atom. The summed E-state index contributed by atoms with van der Waals surface area (Å²) in [5.74, 6) is 0. The minimum absolute atomic E-state index is 0.266. The van der Waals surface area contributed by atoms with Crippen LogP contribution in [0, 0.1) is 0 Å². The van der Waals surface area contributed by atoms with Crippen molar-refractivity contribution >= 4 is 10.0 Å². The Hall–Kier alpha value is -3.22. The monoisotopic (exact) mass is 473 g/mol. The molecule has 0 aliphatic carbocycles. The second-order valence-corrected chi connectivity index (χ2v) is 11.4. The van der Waals surface area contributed by atoms with E-state index in [9.17, 15) is 8.42 Å². The highest BCUT2D eigenvalue weighted by Gasteiger charge is 2.34. The molecule has 0 N–H and O–H groups in total. The van der Waals surface area contributed by atoms with E-state index in [0.717, 1.165) is 16.7 Å². The van der Waals surface area contributed by atoms with Crippen LogP contribution in [0.25, 0.3) is 0 Å². The van der Waals surface area contributed by atoms with Crippen LogP contribution in [0.4, 0.5) is 0 Å². The maximum absolute atomic E-state index is 14.1. The molecule has 0 radical (unpaired) electrons. The maximum Gasteiger partial charge on any atom is 0.247 e. The lowest BCUT2D eigenvalue weighted by Crippen LogP contribution is -2.32. The van der Waals surface area contributed by atoms with Gasteiger partial charge >= 0.3 is 0 Å². The van der Waals surface area contributed by atoms with Crippen LogP contribution in [0.3, 0.4) is 0 Å². The summed E-state index contributed by atoms with van der Waals surface area (Å²) in [5.41, 5.74) is 3.09. The van der Waals surface area contributed by atoms with Crippen LogP contribution in [-0.2, 0) is 35.1 Å². The highest BCUT2D eigenvalue weighted by atomic mass is 32.2. The number of sulfonamides is 1. The number of hydrogen-bond donors (Lipinski definition) is 0. The molecule has 1 heterocycles. The third-order valence-electron chi connectivity index (χ3n) is 5.65. The van der Waals surface area contributed by atoms with E-state index in [-0.39, 0.29) is 18.0 Å². The first-order valence-corrected chi connectivity index (χ1v) is 12.9. The predicted octanol–water partition coefficient (Wildman–Crippen LogP) is 5.62. The number of aromatic nitrogens is 2. The molecule has 176 valence electrons. The van der Waals surface area contributed by atoms with Crippen LogP contribution in [0.1, 0.15) is 43.2 Å². The van der Waals surface area contributed by atoms with Gasteiger partial charge in [-0.1, -0.05) is 112 Å². The van der Waals surface area contributed by atoms with Gasteiger partial charge in [0.2, 0.25) is 10.0 Å². The van der Waals surface area contributed by atoms with Crippen molar-refractivity contribution in [2.75, 3.05) is 0 Å². The Kier molecular flexibility index (Phi) is 7.00. The molecule has 0 amide bonds. The zero-order valence-corrected chi connectivity index (χ0v) is 20.7. The lowest BCUT2D eigenvalue weighted by molar-refractivity contribution is 0.399. The summed E-state index contributed by atoms with van der Waals surface area (Å²) >= 11 is 0. The average Bonchev–Trinajstić information content (AvgIpc) is 3.26. The molecule has 4 aromatic rings. The van der Waals surface area contributed by atoms with E-state index in [2.05, 4.69) is 0 Å². The second-order valence-electron chi connectivity index (χ2n) is 9.52. The highest BCUT2D eigenvalue weighted by Crippen LogP contribution is 2.31. The fourth-order valence-electron chi connectivity index (χ4n) is 3.90. The first-order valence-electron chi connectivity index (χ1n) is 11.4. The Morgan fingerprint density at radius 1 is 0.735 bits per heavy atom. The molecular weight excluding hydrogens is 442 g/mol. The molecule has 0 bridgehead atoms. The van der Waals surface area contributed by atoms with Crippen LogP contribution >= 0.6 is 0 Å². The topological polar surface area (TPSA) is 55.2 Å². The molecule has 0 aliphatic rings. The molecule has 0 saturated heterocycles. The average molecular weight is 474 g/mol. The van der Waals surface area contributed by atoms with E-state index in [1.54, 1.807) is 15.2 Å². The Balaban J connectivity index is 1.76. The van der Waals surface area contributed by atoms with Crippen LogP contribution < -0.4 is 0 Å². The molecule has 4 rings (SSSR count). The molecule has 34 heavy (non-hydrogen) atoms. The largest absolute Gasteiger partial charge is 0.267 e. The van der Waals surface area contributed by atoms with Gasteiger partial charge in [0.15, 0.2) is 0 Å². The lowest BCUT2D eigenvalue weighted by atomic mass is 9.92.